The van der Waals surface area contributed by atoms with Gasteiger partial charge in [0.05, 0.1) is 11.4 Å². The van der Waals surface area contributed by atoms with Crippen molar-refractivity contribution >= 4 is 21.1 Å². The average molecular weight is 619 g/mol. The summed E-state index contributed by atoms with van der Waals surface area (Å²) < 4.78 is 49.6. The maximum Gasteiger partial charge on any atom is 0.416 e. The first-order valence-electron chi connectivity index (χ1n) is 14.2. The summed E-state index contributed by atoms with van der Waals surface area (Å²) in [5.74, 6) is 4.64. The Balaban J connectivity index is 0.000000404. The Hall–Kier alpha value is -4.23. The number of nitrogens with one attached hydrogen (secondary N) is 2. The molecule has 2 atom stereocenters. The van der Waals surface area contributed by atoms with Crippen molar-refractivity contribution in [2.75, 3.05) is 11.6 Å². The second kappa shape index (κ2) is 15.0. The summed E-state index contributed by atoms with van der Waals surface area (Å²) in [5.41, 5.74) is 6.67. The zero-order chi connectivity index (χ0) is 32.5. The lowest BCUT2D eigenvalue weighted by atomic mass is 9.94. The third kappa shape index (κ3) is 10.5. The molecule has 4 aromatic carbocycles. The first kappa shape index (κ1) is 34.3. The monoisotopic (exact) mass is 618 g/mol. The Morgan fingerprint density at radius 2 is 1.48 bits per heavy atom. The highest BCUT2D eigenvalue weighted by Gasteiger charge is 2.29. The van der Waals surface area contributed by atoms with Crippen molar-refractivity contribution in [3.63, 3.8) is 0 Å². The molecule has 44 heavy (non-hydrogen) atoms. The third-order valence-corrected chi connectivity index (χ3v) is 8.56. The van der Waals surface area contributed by atoms with Crippen molar-refractivity contribution in [1.82, 2.24) is 5.32 Å². The molecular weight excluding hydrogens is 577 g/mol. The molecule has 0 aliphatic carbocycles. The SMILES string of the molecule is C=C(NCc1ccc(C(F)(F)F)cc1)Nc1cccc(-c2ccc(CC(C)C(=C)C)cc2)c1.C=S(C)(=O)c1ccccc1C. The van der Waals surface area contributed by atoms with Crippen LogP contribution in [0.4, 0.5) is 18.9 Å². The van der Waals surface area contributed by atoms with Crippen molar-refractivity contribution in [2.24, 2.45) is 5.92 Å². The predicted octanol–water partition coefficient (Wildman–Crippen LogP) is 9.50. The van der Waals surface area contributed by atoms with Gasteiger partial charge in [-0.05, 0) is 99.7 Å². The number of benzene rings is 4. The molecular formula is C37H41F3N2OS. The zero-order valence-corrected chi connectivity index (χ0v) is 26.6. The van der Waals surface area contributed by atoms with Gasteiger partial charge in [-0.25, -0.2) is 0 Å². The molecule has 0 heterocycles. The molecule has 0 fully saturated rings. The van der Waals surface area contributed by atoms with Gasteiger partial charge in [-0.1, -0.05) is 92.4 Å². The van der Waals surface area contributed by atoms with Gasteiger partial charge in [0, 0.05) is 23.4 Å². The molecule has 232 valence electrons. The Bertz CT molecular complexity index is 1670. The molecule has 0 aromatic heterocycles. The molecule has 2 N–H and O–H groups in total. The van der Waals surface area contributed by atoms with E-state index >= 15 is 0 Å². The number of allylic oxidation sites excluding steroid dienone is 1. The van der Waals surface area contributed by atoms with E-state index in [1.165, 1.54) is 23.3 Å². The van der Waals surface area contributed by atoms with Crippen LogP contribution in [0.2, 0.25) is 0 Å². The molecule has 0 amide bonds. The maximum atomic E-state index is 12.7. The van der Waals surface area contributed by atoms with Crippen LogP contribution in [0.15, 0.2) is 127 Å². The second-order valence-electron chi connectivity index (χ2n) is 11.2. The van der Waals surface area contributed by atoms with E-state index in [0.717, 1.165) is 51.4 Å². The maximum absolute atomic E-state index is 12.7. The predicted molar refractivity (Wildman–Crippen MR) is 181 cm³/mol. The molecule has 0 saturated heterocycles. The van der Waals surface area contributed by atoms with Crippen LogP contribution in [0.5, 0.6) is 0 Å². The van der Waals surface area contributed by atoms with E-state index < -0.39 is 21.3 Å². The fourth-order valence-electron chi connectivity index (χ4n) is 4.42. The Morgan fingerprint density at radius 3 is 2.02 bits per heavy atom. The number of anilines is 1. The lowest BCUT2D eigenvalue weighted by Gasteiger charge is -2.14. The van der Waals surface area contributed by atoms with Gasteiger partial charge in [-0.15, -0.1) is 0 Å². The van der Waals surface area contributed by atoms with E-state index in [4.69, 9.17) is 0 Å². The van der Waals surface area contributed by atoms with E-state index in [9.17, 15) is 17.4 Å². The van der Waals surface area contributed by atoms with Crippen LogP contribution in [0.25, 0.3) is 11.1 Å². The molecule has 0 saturated carbocycles. The van der Waals surface area contributed by atoms with Gasteiger partial charge in [0.1, 0.15) is 0 Å². The summed E-state index contributed by atoms with van der Waals surface area (Å²) in [6, 6.07) is 29.3. The molecule has 0 radical (unpaired) electrons. The van der Waals surface area contributed by atoms with E-state index in [0.29, 0.717) is 18.3 Å². The van der Waals surface area contributed by atoms with E-state index in [1.54, 1.807) is 6.26 Å². The molecule has 4 aromatic rings. The van der Waals surface area contributed by atoms with Gasteiger partial charge in [0.15, 0.2) is 0 Å². The summed E-state index contributed by atoms with van der Waals surface area (Å²) in [5, 5.41) is 6.32. The summed E-state index contributed by atoms with van der Waals surface area (Å²) in [7, 11) is -2.03. The van der Waals surface area contributed by atoms with Gasteiger partial charge in [0.2, 0.25) is 0 Å². The van der Waals surface area contributed by atoms with Crippen LogP contribution in [-0.2, 0) is 28.7 Å². The van der Waals surface area contributed by atoms with Crippen LogP contribution in [0.1, 0.15) is 36.1 Å². The number of hydrogen-bond acceptors (Lipinski definition) is 3. The quantitative estimate of drug-likeness (QED) is 0.137. The number of rotatable bonds is 10. The highest BCUT2D eigenvalue weighted by atomic mass is 32.2. The molecule has 7 heteroatoms. The summed E-state index contributed by atoms with van der Waals surface area (Å²) >= 11 is 0. The van der Waals surface area contributed by atoms with Crippen molar-refractivity contribution < 1.29 is 17.4 Å². The minimum Gasteiger partial charge on any atom is -0.368 e. The lowest BCUT2D eigenvalue weighted by Crippen LogP contribution is -2.18. The number of hydrogen-bond donors (Lipinski definition) is 2. The lowest BCUT2D eigenvalue weighted by molar-refractivity contribution is -0.137. The zero-order valence-electron chi connectivity index (χ0n) is 25.8. The van der Waals surface area contributed by atoms with Crippen molar-refractivity contribution in [2.45, 2.75) is 44.8 Å². The van der Waals surface area contributed by atoms with E-state index in [-0.39, 0.29) is 0 Å². The Labute approximate surface area is 260 Å². The Kier molecular flexibility index (Phi) is 11.7. The normalized spacial score (nSPS) is 13.1. The smallest absolute Gasteiger partial charge is 0.368 e. The minimum atomic E-state index is -4.33. The molecule has 0 bridgehead atoms. The number of alkyl halides is 3. The molecule has 4 rings (SSSR count). The number of halogens is 3. The molecule has 0 spiro atoms. The number of aryl methyl sites for hydroxylation is 1. The molecule has 2 unspecified atom stereocenters. The summed E-state index contributed by atoms with van der Waals surface area (Å²) in [6.07, 6.45) is -1.69. The molecule has 3 nitrogen and oxygen atoms in total. The first-order chi connectivity index (χ1) is 20.6. The summed E-state index contributed by atoms with van der Waals surface area (Å²) in [4.78, 5) is 0.861. The fraction of sp³-hybridized carbons (Fsp3) is 0.216. The van der Waals surface area contributed by atoms with Gasteiger partial charge >= 0.3 is 6.18 Å². The van der Waals surface area contributed by atoms with Gasteiger partial charge in [-0.2, -0.15) is 13.2 Å². The Morgan fingerprint density at radius 1 is 0.864 bits per heavy atom. The standard InChI is InChI=1S/C28H29F3N2.C9H12OS/c1-19(2)20(3)16-22-8-12-24(13-9-22)25-6-5-7-27(17-25)33-21(4)32-18-23-10-14-26(15-11-23)28(29,30)31;1-8-6-4-5-7-9(8)11(2,3)10/h5-15,17,20,32-33H,1,4,16,18H2,2-3H3;4-7H,2H2,1,3H3. The minimum absolute atomic E-state index is 0.369. The van der Waals surface area contributed by atoms with Crippen LogP contribution in [0, 0.1) is 12.8 Å². The topological polar surface area (TPSA) is 41.1 Å². The largest absolute Gasteiger partial charge is 0.416 e. The van der Waals surface area contributed by atoms with E-state index in [1.807, 2.05) is 49.4 Å². The van der Waals surface area contributed by atoms with E-state index in [2.05, 4.69) is 73.8 Å². The molecule has 0 aliphatic rings. The van der Waals surface area contributed by atoms with Crippen molar-refractivity contribution in [3.05, 3.63) is 144 Å². The first-order valence-corrected chi connectivity index (χ1v) is 16.4. The summed E-state index contributed by atoms with van der Waals surface area (Å²) in [6.45, 7) is 14.6. The van der Waals surface area contributed by atoms with Crippen molar-refractivity contribution in [3.8, 4) is 11.1 Å². The highest BCUT2D eigenvalue weighted by molar-refractivity contribution is 7.99. The van der Waals surface area contributed by atoms with Crippen LogP contribution >= 0.6 is 0 Å². The third-order valence-electron chi connectivity index (χ3n) is 7.17. The van der Waals surface area contributed by atoms with Gasteiger partial charge < -0.3 is 10.6 Å². The van der Waals surface area contributed by atoms with Crippen molar-refractivity contribution in [1.29, 1.82) is 0 Å². The van der Waals surface area contributed by atoms with Gasteiger partial charge in [-0.3, -0.25) is 4.21 Å². The van der Waals surface area contributed by atoms with Crippen LogP contribution in [-0.4, -0.2) is 16.3 Å². The fourth-order valence-corrected chi connectivity index (χ4v) is 5.53. The van der Waals surface area contributed by atoms with Crippen LogP contribution < -0.4 is 10.6 Å². The van der Waals surface area contributed by atoms with Crippen LogP contribution in [0.3, 0.4) is 0 Å². The average Bonchev–Trinajstić information content (AvgIpc) is 2.96. The molecule has 0 aliphatic heterocycles. The second-order valence-corrected chi connectivity index (χ2v) is 13.6. The highest BCUT2D eigenvalue weighted by Crippen LogP contribution is 2.29. The van der Waals surface area contributed by atoms with Gasteiger partial charge in [0.25, 0.3) is 0 Å².